The fourth-order valence-electron chi connectivity index (χ4n) is 3.11. The van der Waals surface area contributed by atoms with Gasteiger partial charge in [-0.1, -0.05) is 39.3 Å². The Morgan fingerprint density at radius 2 is 2.04 bits per heavy atom. The summed E-state index contributed by atoms with van der Waals surface area (Å²) in [6, 6.07) is 7.63. The van der Waals surface area contributed by atoms with Gasteiger partial charge in [0, 0.05) is 31.1 Å². The maximum atomic E-state index is 12.3. The fourth-order valence-corrected chi connectivity index (χ4v) is 3.11. The van der Waals surface area contributed by atoms with Crippen LogP contribution in [-0.4, -0.2) is 21.3 Å². The second-order valence-electron chi connectivity index (χ2n) is 7.25. The lowest BCUT2D eigenvalue weighted by Gasteiger charge is -2.24. The van der Waals surface area contributed by atoms with Crippen molar-refractivity contribution < 1.29 is 9.84 Å². The minimum Gasteiger partial charge on any atom is -0.618 e. The van der Waals surface area contributed by atoms with E-state index in [-0.39, 0.29) is 12.0 Å². The van der Waals surface area contributed by atoms with Gasteiger partial charge in [-0.25, -0.2) is 4.98 Å². The van der Waals surface area contributed by atoms with Crippen LogP contribution in [0.4, 0.5) is 0 Å². The molecule has 2 heterocycles. The van der Waals surface area contributed by atoms with Crippen molar-refractivity contribution in [3.8, 4) is 0 Å². The molecule has 0 saturated heterocycles. The zero-order valence-corrected chi connectivity index (χ0v) is 14.6. The standard InChI is InChI=1S/C19H25N3O2/c1-4-5-10-17-20-15-11-22(24)16-9-7-6-8-14(16)18(15)21(17)12-19(2,3)13-23/h6-9,11,23H,4-5,10,12-13H2,1-3H3. The van der Waals surface area contributed by atoms with Crippen LogP contribution in [0.5, 0.6) is 0 Å². The number of nitrogens with zero attached hydrogens (tertiary/aromatic N) is 3. The SMILES string of the molecule is CCCCc1nc2c[n+]([O-])c3ccccc3c2n1CC(C)(C)CO. The number of aliphatic hydroxyl groups excluding tert-OH is 1. The van der Waals surface area contributed by atoms with Crippen molar-refractivity contribution in [3.05, 3.63) is 41.5 Å². The summed E-state index contributed by atoms with van der Waals surface area (Å²) in [7, 11) is 0. The average Bonchev–Trinajstić information content (AvgIpc) is 2.90. The van der Waals surface area contributed by atoms with Crippen LogP contribution >= 0.6 is 0 Å². The van der Waals surface area contributed by atoms with Crippen molar-refractivity contribution in [1.82, 2.24) is 9.55 Å². The van der Waals surface area contributed by atoms with Crippen molar-refractivity contribution in [2.45, 2.75) is 46.6 Å². The van der Waals surface area contributed by atoms with Gasteiger partial charge in [0.1, 0.15) is 5.82 Å². The Balaban J connectivity index is 2.28. The summed E-state index contributed by atoms with van der Waals surface area (Å²) in [6.07, 6.45) is 4.59. The first-order valence-corrected chi connectivity index (χ1v) is 8.58. The molecule has 0 radical (unpaired) electrons. The number of fused-ring (bicyclic) bond motifs is 3. The number of hydrogen-bond donors (Lipinski definition) is 1. The highest BCUT2D eigenvalue weighted by atomic mass is 16.5. The Hall–Kier alpha value is -2.14. The molecule has 0 aliphatic rings. The van der Waals surface area contributed by atoms with Crippen molar-refractivity contribution in [3.63, 3.8) is 0 Å². The summed E-state index contributed by atoms with van der Waals surface area (Å²) in [4.78, 5) is 4.74. The predicted octanol–water partition coefficient (Wildman–Crippen LogP) is 3.18. The molecule has 5 heteroatoms. The Bertz CT molecular complexity index is 868. The molecule has 0 saturated carbocycles. The molecular weight excluding hydrogens is 302 g/mol. The van der Waals surface area contributed by atoms with Crippen LogP contribution in [0.25, 0.3) is 21.9 Å². The van der Waals surface area contributed by atoms with E-state index in [1.807, 2.05) is 38.1 Å². The first-order chi connectivity index (χ1) is 11.5. The van der Waals surface area contributed by atoms with Crippen LogP contribution in [0.2, 0.25) is 0 Å². The van der Waals surface area contributed by atoms with E-state index in [4.69, 9.17) is 4.98 Å². The van der Waals surface area contributed by atoms with Gasteiger partial charge in [0.2, 0.25) is 11.7 Å². The van der Waals surface area contributed by atoms with E-state index in [0.717, 1.165) is 46.2 Å². The summed E-state index contributed by atoms with van der Waals surface area (Å²) in [5, 5.41) is 22.9. The third kappa shape index (κ3) is 2.96. The van der Waals surface area contributed by atoms with E-state index in [2.05, 4.69) is 11.5 Å². The zero-order valence-electron chi connectivity index (χ0n) is 14.6. The molecule has 0 bridgehead atoms. The van der Waals surface area contributed by atoms with E-state index in [9.17, 15) is 10.3 Å². The first kappa shape index (κ1) is 16.7. The first-order valence-electron chi connectivity index (χ1n) is 8.58. The van der Waals surface area contributed by atoms with Crippen LogP contribution < -0.4 is 4.73 Å². The molecule has 0 aliphatic heterocycles. The van der Waals surface area contributed by atoms with Crippen LogP contribution in [0.15, 0.2) is 30.5 Å². The number of imidazole rings is 1. The van der Waals surface area contributed by atoms with Crippen LogP contribution in [0, 0.1) is 10.6 Å². The second-order valence-corrected chi connectivity index (χ2v) is 7.25. The van der Waals surface area contributed by atoms with Gasteiger partial charge in [-0.15, -0.1) is 0 Å². The number of hydrogen-bond acceptors (Lipinski definition) is 3. The molecule has 0 aliphatic carbocycles. The Morgan fingerprint density at radius 3 is 2.75 bits per heavy atom. The maximum Gasteiger partial charge on any atom is 0.226 e. The molecule has 0 fully saturated rings. The molecule has 1 N–H and O–H groups in total. The van der Waals surface area contributed by atoms with Gasteiger partial charge < -0.3 is 14.9 Å². The molecule has 24 heavy (non-hydrogen) atoms. The number of pyridine rings is 1. The number of aromatic nitrogens is 3. The predicted molar refractivity (Wildman–Crippen MR) is 95.7 cm³/mol. The lowest BCUT2D eigenvalue weighted by molar-refractivity contribution is -0.575. The molecule has 128 valence electrons. The molecule has 0 amide bonds. The maximum absolute atomic E-state index is 12.3. The van der Waals surface area contributed by atoms with Gasteiger partial charge >= 0.3 is 0 Å². The second kappa shape index (κ2) is 6.40. The van der Waals surface area contributed by atoms with Crippen LogP contribution in [0.1, 0.15) is 39.4 Å². The highest BCUT2D eigenvalue weighted by Crippen LogP contribution is 2.28. The highest BCUT2D eigenvalue weighted by molar-refractivity contribution is 6.00. The van der Waals surface area contributed by atoms with Gasteiger partial charge in [0.25, 0.3) is 0 Å². The van der Waals surface area contributed by atoms with Gasteiger partial charge in [-0.2, -0.15) is 4.73 Å². The van der Waals surface area contributed by atoms with Gasteiger partial charge in [-0.3, -0.25) is 0 Å². The molecular formula is C19H25N3O2. The number of unbranched alkanes of at least 4 members (excludes halogenated alkanes) is 1. The summed E-state index contributed by atoms with van der Waals surface area (Å²) >= 11 is 0. The Labute approximate surface area is 142 Å². The van der Waals surface area contributed by atoms with Gasteiger partial charge in [0.05, 0.1) is 10.9 Å². The topological polar surface area (TPSA) is 65.0 Å². The van der Waals surface area contributed by atoms with E-state index in [0.29, 0.717) is 12.1 Å². The van der Waals surface area contributed by atoms with E-state index < -0.39 is 0 Å². The van der Waals surface area contributed by atoms with Gasteiger partial charge in [-0.05, 0) is 12.5 Å². The molecule has 3 rings (SSSR count). The third-order valence-electron chi connectivity index (χ3n) is 4.48. The number of rotatable bonds is 6. The van der Waals surface area contributed by atoms with Crippen LogP contribution in [-0.2, 0) is 13.0 Å². The van der Waals surface area contributed by atoms with Crippen molar-refractivity contribution in [1.29, 1.82) is 0 Å². The lowest BCUT2D eigenvalue weighted by Crippen LogP contribution is -2.27. The number of benzene rings is 1. The lowest BCUT2D eigenvalue weighted by atomic mass is 9.94. The highest BCUT2D eigenvalue weighted by Gasteiger charge is 2.24. The molecule has 3 aromatic rings. The third-order valence-corrected chi connectivity index (χ3v) is 4.48. The molecule has 0 unspecified atom stereocenters. The summed E-state index contributed by atoms with van der Waals surface area (Å²) < 4.78 is 3.10. The van der Waals surface area contributed by atoms with E-state index in [1.54, 1.807) is 6.20 Å². The smallest absolute Gasteiger partial charge is 0.226 e. The normalized spacial score (nSPS) is 12.3. The monoisotopic (exact) mass is 327 g/mol. The van der Waals surface area contributed by atoms with Crippen LogP contribution in [0.3, 0.4) is 0 Å². The molecule has 5 nitrogen and oxygen atoms in total. The minimum absolute atomic E-state index is 0.103. The van der Waals surface area contributed by atoms with Crippen molar-refractivity contribution in [2.24, 2.45) is 5.41 Å². The average molecular weight is 327 g/mol. The number of aryl methyl sites for hydroxylation is 1. The minimum atomic E-state index is -0.251. The Kier molecular flexibility index (Phi) is 4.45. The van der Waals surface area contributed by atoms with Crippen molar-refractivity contribution in [2.75, 3.05) is 6.61 Å². The Morgan fingerprint density at radius 1 is 1.29 bits per heavy atom. The summed E-state index contributed by atoms with van der Waals surface area (Å²) in [5.41, 5.74) is 2.11. The van der Waals surface area contributed by atoms with E-state index in [1.165, 1.54) is 0 Å². The van der Waals surface area contributed by atoms with Gasteiger partial charge in [0.15, 0.2) is 5.52 Å². The summed E-state index contributed by atoms with van der Waals surface area (Å²) in [5.74, 6) is 0.990. The molecule has 0 atom stereocenters. The molecule has 1 aromatic carbocycles. The number of aliphatic hydroxyl groups is 1. The summed E-state index contributed by atoms with van der Waals surface area (Å²) in [6.45, 7) is 7.02. The largest absolute Gasteiger partial charge is 0.618 e. The fraction of sp³-hybridized carbons (Fsp3) is 0.474. The quantitative estimate of drug-likeness (QED) is 0.558. The molecule has 2 aromatic heterocycles. The zero-order chi connectivity index (χ0) is 17.3. The molecule has 0 spiro atoms. The number of para-hydroxylation sites is 1. The van der Waals surface area contributed by atoms with Crippen molar-refractivity contribution >= 4 is 21.9 Å². The van der Waals surface area contributed by atoms with E-state index >= 15 is 0 Å².